The van der Waals surface area contributed by atoms with Crippen LogP contribution in [0.3, 0.4) is 0 Å². The van der Waals surface area contributed by atoms with Gasteiger partial charge in [-0.1, -0.05) is 11.8 Å². The summed E-state index contributed by atoms with van der Waals surface area (Å²) in [7, 11) is 0. The standard InChI is InChI=1S/C21H13N3O2S/c22-21(25)19-10-17-18(12-24-13-20(17)27-19)26-16-7-5-14(6-8-16)3-4-15-2-1-9-23-11-15/h1-2,5-13H,(H2,22,25). The third-order valence-electron chi connectivity index (χ3n) is 3.75. The van der Waals surface area contributed by atoms with E-state index in [0.717, 1.165) is 21.2 Å². The lowest BCUT2D eigenvalue weighted by atomic mass is 10.2. The monoisotopic (exact) mass is 371 g/mol. The summed E-state index contributed by atoms with van der Waals surface area (Å²) in [4.78, 5) is 20.1. The van der Waals surface area contributed by atoms with E-state index >= 15 is 0 Å². The number of fused-ring (bicyclic) bond motifs is 1. The zero-order chi connectivity index (χ0) is 18.6. The lowest BCUT2D eigenvalue weighted by molar-refractivity contribution is 0.100. The highest BCUT2D eigenvalue weighted by molar-refractivity contribution is 7.20. The van der Waals surface area contributed by atoms with E-state index in [1.165, 1.54) is 11.3 Å². The average molecular weight is 371 g/mol. The van der Waals surface area contributed by atoms with E-state index in [-0.39, 0.29) is 0 Å². The van der Waals surface area contributed by atoms with Crippen LogP contribution >= 0.6 is 11.3 Å². The molecule has 27 heavy (non-hydrogen) atoms. The van der Waals surface area contributed by atoms with Gasteiger partial charge < -0.3 is 10.5 Å². The number of primary amides is 1. The number of nitrogens with two attached hydrogens (primary N) is 1. The van der Waals surface area contributed by atoms with Gasteiger partial charge in [0, 0.05) is 35.1 Å². The van der Waals surface area contributed by atoms with Crippen LogP contribution in [0.25, 0.3) is 10.1 Å². The molecule has 2 N–H and O–H groups in total. The number of carbonyl (C=O) groups is 1. The van der Waals surface area contributed by atoms with E-state index in [4.69, 9.17) is 10.5 Å². The highest BCUT2D eigenvalue weighted by Crippen LogP contribution is 2.34. The van der Waals surface area contributed by atoms with Crippen LogP contribution in [0.2, 0.25) is 0 Å². The number of benzene rings is 1. The van der Waals surface area contributed by atoms with Crippen molar-refractivity contribution in [1.29, 1.82) is 0 Å². The number of ether oxygens (including phenoxy) is 1. The van der Waals surface area contributed by atoms with Gasteiger partial charge in [0.25, 0.3) is 5.91 Å². The Morgan fingerprint density at radius 3 is 2.56 bits per heavy atom. The first-order valence-corrected chi connectivity index (χ1v) is 8.88. The molecule has 3 aromatic heterocycles. The second kappa shape index (κ2) is 7.28. The maximum Gasteiger partial charge on any atom is 0.258 e. The summed E-state index contributed by atoms with van der Waals surface area (Å²) >= 11 is 1.30. The Kier molecular flexibility index (Phi) is 4.52. The molecule has 130 valence electrons. The predicted molar refractivity (Wildman–Crippen MR) is 105 cm³/mol. The summed E-state index contributed by atoms with van der Waals surface area (Å²) in [6, 6.07) is 12.9. The molecule has 0 aliphatic carbocycles. The van der Waals surface area contributed by atoms with Crippen LogP contribution in [-0.2, 0) is 0 Å². The highest BCUT2D eigenvalue weighted by atomic mass is 32.1. The molecule has 0 aliphatic heterocycles. The highest BCUT2D eigenvalue weighted by Gasteiger charge is 2.11. The molecule has 0 saturated carbocycles. The summed E-state index contributed by atoms with van der Waals surface area (Å²) < 4.78 is 6.78. The quantitative estimate of drug-likeness (QED) is 0.553. The Hall–Kier alpha value is -3.69. The molecular weight excluding hydrogens is 358 g/mol. The molecule has 0 aliphatic rings. The molecule has 3 heterocycles. The molecule has 0 spiro atoms. The van der Waals surface area contributed by atoms with Crippen molar-refractivity contribution in [2.75, 3.05) is 0 Å². The second-order valence-electron chi connectivity index (χ2n) is 5.64. The molecule has 5 nitrogen and oxygen atoms in total. The van der Waals surface area contributed by atoms with E-state index in [0.29, 0.717) is 16.4 Å². The van der Waals surface area contributed by atoms with E-state index in [1.54, 1.807) is 30.9 Å². The molecule has 4 aromatic rings. The van der Waals surface area contributed by atoms with Crippen LogP contribution in [0.15, 0.2) is 67.3 Å². The summed E-state index contributed by atoms with van der Waals surface area (Å²) in [5, 5.41) is 0.809. The topological polar surface area (TPSA) is 78.1 Å². The third kappa shape index (κ3) is 3.78. The van der Waals surface area contributed by atoms with Crippen LogP contribution in [0.5, 0.6) is 11.5 Å². The Morgan fingerprint density at radius 1 is 1.00 bits per heavy atom. The molecule has 0 atom stereocenters. The fourth-order valence-corrected chi connectivity index (χ4v) is 3.35. The summed E-state index contributed by atoms with van der Waals surface area (Å²) in [5.74, 6) is 6.92. The number of carbonyl (C=O) groups excluding carboxylic acids is 1. The predicted octanol–water partition coefficient (Wildman–Crippen LogP) is 3.98. The van der Waals surface area contributed by atoms with Crippen molar-refractivity contribution in [2.24, 2.45) is 5.73 Å². The van der Waals surface area contributed by atoms with Gasteiger partial charge in [0.1, 0.15) is 5.75 Å². The van der Waals surface area contributed by atoms with Gasteiger partial charge in [-0.2, -0.15) is 0 Å². The molecular formula is C21H13N3O2S. The van der Waals surface area contributed by atoms with Crippen LogP contribution in [-0.4, -0.2) is 15.9 Å². The average Bonchev–Trinajstić information content (AvgIpc) is 3.14. The van der Waals surface area contributed by atoms with Crippen molar-refractivity contribution >= 4 is 27.3 Å². The van der Waals surface area contributed by atoms with Gasteiger partial charge in [0.05, 0.1) is 15.8 Å². The number of hydrogen-bond acceptors (Lipinski definition) is 5. The van der Waals surface area contributed by atoms with Gasteiger partial charge in [-0.3, -0.25) is 14.8 Å². The lowest BCUT2D eigenvalue weighted by Gasteiger charge is -2.06. The fraction of sp³-hybridized carbons (Fsp3) is 0. The minimum atomic E-state index is -0.460. The van der Waals surface area contributed by atoms with Crippen molar-refractivity contribution in [1.82, 2.24) is 9.97 Å². The molecule has 1 aromatic carbocycles. The van der Waals surface area contributed by atoms with Gasteiger partial charge in [0.2, 0.25) is 0 Å². The van der Waals surface area contributed by atoms with E-state index in [2.05, 4.69) is 21.8 Å². The van der Waals surface area contributed by atoms with Crippen molar-refractivity contribution < 1.29 is 9.53 Å². The summed E-state index contributed by atoms with van der Waals surface area (Å²) in [6.45, 7) is 0. The summed E-state index contributed by atoms with van der Waals surface area (Å²) in [5.41, 5.74) is 7.09. The Labute approximate surface area is 159 Å². The number of nitrogens with zero attached hydrogens (tertiary/aromatic N) is 2. The Morgan fingerprint density at radius 2 is 1.81 bits per heavy atom. The Bertz CT molecular complexity index is 1170. The minimum Gasteiger partial charge on any atom is -0.455 e. The van der Waals surface area contributed by atoms with E-state index in [9.17, 15) is 4.79 Å². The summed E-state index contributed by atoms with van der Waals surface area (Å²) in [6.07, 6.45) is 6.75. The molecule has 1 amide bonds. The van der Waals surface area contributed by atoms with Gasteiger partial charge in [-0.25, -0.2) is 0 Å². The third-order valence-corrected chi connectivity index (χ3v) is 4.83. The molecule has 0 unspecified atom stereocenters. The zero-order valence-electron chi connectivity index (χ0n) is 14.0. The molecule has 4 rings (SSSR count). The first-order valence-electron chi connectivity index (χ1n) is 8.06. The number of amides is 1. The Balaban J connectivity index is 1.56. The van der Waals surface area contributed by atoms with Gasteiger partial charge >= 0.3 is 0 Å². The zero-order valence-corrected chi connectivity index (χ0v) is 14.9. The van der Waals surface area contributed by atoms with Crippen molar-refractivity contribution in [3.8, 4) is 23.3 Å². The smallest absolute Gasteiger partial charge is 0.258 e. The molecule has 0 bridgehead atoms. The van der Waals surface area contributed by atoms with Gasteiger partial charge in [0.15, 0.2) is 5.75 Å². The normalized spacial score (nSPS) is 10.2. The van der Waals surface area contributed by atoms with Crippen molar-refractivity contribution in [3.63, 3.8) is 0 Å². The van der Waals surface area contributed by atoms with Gasteiger partial charge in [-0.05, 0) is 42.5 Å². The van der Waals surface area contributed by atoms with Crippen LogP contribution in [0.4, 0.5) is 0 Å². The van der Waals surface area contributed by atoms with Gasteiger partial charge in [-0.15, -0.1) is 11.3 Å². The maximum atomic E-state index is 11.4. The SMILES string of the molecule is NC(=O)c1cc2c(Oc3ccc(C#Cc4cccnc4)cc3)cncc2s1. The fourth-order valence-electron chi connectivity index (χ4n) is 2.45. The first-order chi connectivity index (χ1) is 13.2. The molecule has 6 heteroatoms. The number of rotatable bonds is 3. The van der Waals surface area contributed by atoms with Crippen molar-refractivity contribution in [3.05, 3.63) is 83.3 Å². The maximum absolute atomic E-state index is 11.4. The minimum absolute atomic E-state index is 0.460. The van der Waals surface area contributed by atoms with E-state index < -0.39 is 5.91 Å². The molecule has 0 radical (unpaired) electrons. The molecule has 0 fully saturated rings. The van der Waals surface area contributed by atoms with Crippen LogP contribution in [0, 0.1) is 11.8 Å². The van der Waals surface area contributed by atoms with E-state index in [1.807, 2.05) is 36.4 Å². The number of hydrogen-bond donors (Lipinski definition) is 1. The van der Waals surface area contributed by atoms with Crippen LogP contribution < -0.4 is 10.5 Å². The number of aromatic nitrogens is 2. The second-order valence-corrected chi connectivity index (χ2v) is 6.73. The molecule has 0 saturated heterocycles. The van der Waals surface area contributed by atoms with Crippen LogP contribution in [0.1, 0.15) is 20.8 Å². The first kappa shape index (κ1) is 16.8. The number of thiophene rings is 1. The lowest BCUT2D eigenvalue weighted by Crippen LogP contribution is -2.08. The van der Waals surface area contributed by atoms with Crippen molar-refractivity contribution in [2.45, 2.75) is 0 Å². The largest absolute Gasteiger partial charge is 0.455 e. The number of pyridine rings is 2.